The van der Waals surface area contributed by atoms with Crippen molar-refractivity contribution in [1.29, 1.82) is 0 Å². The lowest BCUT2D eigenvalue weighted by Crippen LogP contribution is -1.98. The lowest BCUT2D eigenvalue weighted by atomic mass is 9.87. The van der Waals surface area contributed by atoms with Gasteiger partial charge in [-0.05, 0) is 79.0 Å². The van der Waals surface area contributed by atoms with Crippen LogP contribution >= 0.6 is 0 Å². The summed E-state index contributed by atoms with van der Waals surface area (Å²) < 4.78 is 0. The first-order chi connectivity index (χ1) is 25.8. The fourth-order valence-corrected chi connectivity index (χ4v) is 7.98. The highest BCUT2D eigenvalue weighted by atomic mass is 14.7. The Labute approximate surface area is 304 Å². The number of rotatable bonds is 6. The Kier molecular flexibility index (Phi) is 7.22. The molecule has 1 heteroatoms. The van der Waals surface area contributed by atoms with Gasteiger partial charge in [-0.15, -0.1) is 0 Å². The molecule has 1 nitrogen and oxygen atoms in total. The summed E-state index contributed by atoms with van der Waals surface area (Å²) in [6.07, 6.45) is 0. The Bertz CT molecular complexity index is 2670. The molecular weight excluding hydrogens is 627 g/mol. The highest BCUT2D eigenvalue weighted by Gasteiger charge is 2.31. The van der Waals surface area contributed by atoms with E-state index in [9.17, 15) is 0 Å². The molecule has 0 amide bonds. The van der Waals surface area contributed by atoms with Crippen LogP contribution in [0.2, 0.25) is 0 Å². The van der Waals surface area contributed by atoms with Crippen LogP contribution in [0, 0.1) is 0 Å². The molecule has 0 radical (unpaired) electrons. The van der Waals surface area contributed by atoms with Crippen molar-refractivity contribution in [2.45, 2.75) is 0 Å². The standard InChI is InChI=1S/C51H33N/c1-5-15-34(16-6-1)41-31-42(35-17-7-2-8-18-35)33-43(32-41)36-27-29-40(30-28-36)50-47(38-19-9-3-10-20-38)48-44-25-13-23-37-24-14-26-45(46(37)44)49(48)51(52-50)39-21-11-4-12-22-39/h1-33H. The molecule has 0 spiro atoms. The summed E-state index contributed by atoms with van der Waals surface area (Å²) in [7, 11) is 0. The molecule has 52 heavy (non-hydrogen) atoms. The van der Waals surface area contributed by atoms with E-state index < -0.39 is 0 Å². The maximum atomic E-state index is 5.64. The van der Waals surface area contributed by atoms with E-state index in [4.69, 9.17) is 4.98 Å². The number of fused-ring (bicyclic) bond motifs is 3. The van der Waals surface area contributed by atoms with Crippen LogP contribution in [0.5, 0.6) is 0 Å². The Balaban J connectivity index is 1.19. The summed E-state index contributed by atoms with van der Waals surface area (Å²) in [6, 6.07) is 72.1. The SMILES string of the molecule is c1ccc(-c2cc(-c3ccccc3)cc(-c3ccc(-c4nc(-c5ccccc5)c5c(c4-c4ccccc4)-c4cccc6cccc-5c46)cc3)c2)cc1. The molecule has 1 aliphatic carbocycles. The minimum atomic E-state index is 0.989. The van der Waals surface area contributed by atoms with E-state index in [0.29, 0.717) is 0 Å². The van der Waals surface area contributed by atoms with Gasteiger partial charge in [-0.3, -0.25) is 0 Å². The lowest BCUT2D eigenvalue weighted by molar-refractivity contribution is 1.33. The van der Waals surface area contributed by atoms with Crippen LogP contribution < -0.4 is 0 Å². The first-order valence-electron chi connectivity index (χ1n) is 17.9. The molecule has 0 bridgehead atoms. The molecule has 1 heterocycles. The van der Waals surface area contributed by atoms with Crippen molar-refractivity contribution >= 4 is 10.8 Å². The van der Waals surface area contributed by atoms with Crippen LogP contribution in [0.1, 0.15) is 0 Å². The minimum Gasteiger partial charge on any atom is -0.246 e. The monoisotopic (exact) mass is 659 g/mol. The number of hydrogen-bond donors (Lipinski definition) is 0. The zero-order chi connectivity index (χ0) is 34.4. The van der Waals surface area contributed by atoms with Gasteiger partial charge in [0.2, 0.25) is 0 Å². The van der Waals surface area contributed by atoms with Gasteiger partial charge < -0.3 is 0 Å². The fraction of sp³-hybridized carbons (Fsp3) is 0. The maximum Gasteiger partial charge on any atom is 0.0794 e. The lowest BCUT2D eigenvalue weighted by Gasteiger charge is -2.20. The van der Waals surface area contributed by atoms with E-state index in [2.05, 4.69) is 200 Å². The molecule has 9 aromatic rings. The molecule has 0 fully saturated rings. The second kappa shape index (κ2) is 12.5. The summed E-state index contributed by atoms with van der Waals surface area (Å²) in [4.78, 5) is 5.64. The average molecular weight is 660 g/mol. The topological polar surface area (TPSA) is 12.9 Å². The van der Waals surface area contributed by atoms with Gasteiger partial charge >= 0.3 is 0 Å². The summed E-state index contributed by atoms with van der Waals surface area (Å²) >= 11 is 0. The van der Waals surface area contributed by atoms with Crippen LogP contribution in [-0.2, 0) is 0 Å². The molecule has 242 valence electrons. The van der Waals surface area contributed by atoms with Crippen molar-refractivity contribution in [3.8, 4) is 89.3 Å². The smallest absolute Gasteiger partial charge is 0.0794 e. The summed E-state index contributed by atoms with van der Waals surface area (Å²) in [5.74, 6) is 0. The largest absolute Gasteiger partial charge is 0.246 e. The van der Waals surface area contributed by atoms with Gasteiger partial charge in [0.05, 0.1) is 11.4 Å². The Hall–Kier alpha value is -6.83. The zero-order valence-electron chi connectivity index (χ0n) is 28.5. The van der Waals surface area contributed by atoms with E-state index in [1.165, 1.54) is 72.0 Å². The third-order valence-electron chi connectivity index (χ3n) is 10.4. The summed E-state index contributed by atoms with van der Waals surface area (Å²) in [6.45, 7) is 0. The van der Waals surface area contributed by atoms with E-state index in [0.717, 1.165) is 28.1 Å². The Morgan fingerprint density at radius 3 is 1.15 bits per heavy atom. The zero-order valence-corrected chi connectivity index (χ0v) is 28.5. The molecule has 0 saturated heterocycles. The number of benzene rings is 8. The third-order valence-corrected chi connectivity index (χ3v) is 10.4. The molecule has 0 saturated carbocycles. The molecule has 0 aliphatic heterocycles. The van der Waals surface area contributed by atoms with Crippen LogP contribution in [0.25, 0.3) is 100 Å². The van der Waals surface area contributed by atoms with E-state index in [1.54, 1.807) is 0 Å². The second-order valence-electron chi connectivity index (χ2n) is 13.5. The first-order valence-corrected chi connectivity index (χ1v) is 17.9. The predicted molar refractivity (Wildman–Crippen MR) is 219 cm³/mol. The van der Waals surface area contributed by atoms with E-state index in [-0.39, 0.29) is 0 Å². The maximum absolute atomic E-state index is 5.64. The normalized spacial score (nSPS) is 11.5. The Morgan fingerprint density at radius 2 is 0.635 bits per heavy atom. The van der Waals surface area contributed by atoms with Crippen LogP contribution in [0.15, 0.2) is 200 Å². The third kappa shape index (κ3) is 5.06. The van der Waals surface area contributed by atoms with E-state index >= 15 is 0 Å². The van der Waals surface area contributed by atoms with Gasteiger partial charge in [0.15, 0.2) is 0 Å². The second-order valence-corrected chi connectivity index (χ2v) is 13.5. The van der Waals surface area contributed by atoms with Crippen LogP contribution in [0.4, 0.5) is 0 Å². The van der Waals surface area contributed by atoms with Gasteiger partial charge in [-0.2, -0.15) is 0 Å². The van der Waals surface area contributed by atoms with Crippen LogP contribution in [0.3, 0.4) is 0 Å². The number of hydrogen-bond acceptors (Lipinski definition) is 1. The Morgan fingerprint density at radius 1 is 0.250 bits per heavy atom. The first kappa shape index (κ1) is 30.0. The quantitative estimate of drug-likeness (QED) is 0.173. The molecule has 1 aromatic heterocycles. The van der Waals surface area contributed by atoms with Crippen molar-refractivity contribution in [3.05, 3.63) is 200 Å². The number of nitrogens with zero attached hydrogens (tertiary/aromatic N) is 1. The molecule has 0 unspecified atom stereocenters. The van der Waals surface area contributed by atoms with Crippen LogP contribution in [-0.4, -0.2) is 4.98 Å². The van der Waals surface area contributed by atoms with Crippen molar-refractivity contribution in [2.24, 2.45) is 0 Å². The number of pyridine rings is 1. The predicted octanol–water partition coefficient (Wildman–Crippen LogP) is 13.9. The molecule has 1 aliphatic rings. The van der Waals surface area contributed by atoms with Gasteiger partial charge in [0.25, 0.3) is 0 Å². The molecule has 0 N–H and O–H groups in total. The van der Waals surface area contributed by atoms with Gasteiger partial charge in [0.1, 0.15) is 0 Å². The van der Waals surface area contributed by atoms with Crippen molar-refractivity contribution < 1.29 is 0 Å². The van der Waals surface area contributed by atoms with Crippen molar-refractivity contribution in [2.75, 3.05) is 0 Å². The van der Waals surface area contributed by atoms with Crippen molar-refractivity contribution in [3.63, 3.8) is 0 Å². The molecule has 8 aromatic carbocycles. The average Bonchev–Trinajstić information content (AvgIpc) is 3.57. The molecule has 10 rings (SSSR count). The minimum absolute atomic E-state index is 0.989. The van der Waals surface area contributed by atoms with Crippen molar-refractivity contribution in [1.82, 2.24) is 4.98 Å². The number of aromatic nitrogens is 1. The fourth-order valence-electron chi connectivity index (χ4n) is 7.98. The highest BCUT2D eigenvalue weighted by Crippen LogP contribution is 2.56. The molecule has 0 atom stereocenters. The van der Waals surface area contributed by atoms with Gasteiger partial charge in [-0.1, -0.05) is 182 Å². The molecular formula is C51H33N. The summed E-state index contributed by atoms with van der Waals surface area (Å²) in [5.41, 5.74) is 18.7. The van der Waals surface area contributed by atoms with Gasteiger partial charge in [-0.25, -0.2) is 4.98 Å². The highest BCUT2D eigenvalue weighted by molar-refractivity contribution is 6.21. The van der Waals surface area contributed by atoms with E-state index in [1.807, 2.05) is 0 Å². The summed E-state index contributed by atoms with van der Waals surface area (Å²) in [5, 5.41) is 2.55. The van der Waals surface area contributed by atoms with Gasteiger partial charge in [0, 0.05) is 27.8 Å².